The second-order valence-electron chi connectivity index (χ2n) is 9.39. The van der Waals surface area contributed by atoms with Crippen molar-refractivity contribution in [2.45, 2.75) is 39.2 Å². The number of nitrogens with zero attached hydrogens (tertiary/aromatic N) is 2. The van der Waals surface area contributed by atoms with Gasteiger partial charge in [-0.15, -0.1) is 0 Å². The van der Waals surface area contributed by atoms with Crippen LogP contribution in [0.5, 0.6) is 0 Å². The summed E-state index contributed by atoms with van der Waals surface area (Å²) in [6.45, 7) is 5.23. The van der Waals surface area contributed by atoms with Gasteiger partial charge in [0.25, 0.3) is 0 Å². The van der Waals surface area contributed by atoms with Crippen molar-refractivity contribution in [3.8, 4) is 11.3 Å². The van der Waals surface area contributed by atoms with E-state index in [4.69, 9.17) is 9.26 Å². The molecule has 2 aliphatic rings. The average Bonchev–Trinajstić information content (AvgIpc) is 3.34. The molecule has 0 radical (unpaired) electrons. The van der Waals surface area contributed by atoms with E-state index in [1.54, 1.807) is 25.1 Å². The molecule has 0 unspecified atom stereocenters. The fourth-order valence-corrected chi connectivity index (χ4v) is 5.41. The topological polar surface area (TPSA) is 84.7 Å². The van der Waals surface area contributed by atoms with Crippen LogP contribution in [0, 0.1) is 0 Å². The lowest BCUT2D eigenvalue weighted by atomic mass is 9.86. The number of rotatable bonds is 5. The number of hydrogen-bond acceptors (Lipinski definition) is 7. The summed E-state index contributed by atoms with van der Waals surface area (Å²) in [5.41, 5.74) is 5.36. The molecule has 1 aliphatic heterocycles. The van der Waals surface area contributed by atoms with Gasteiger partial charge in [-0.05, 0) is 57.4 Å². The quantitative estimate of drug-likeness (QED) is 0.293. The third-order valence-electron chi connectivity index (χ3n) is 7.14. The highest BCUT2D eigenvalue weighted by atomic mass is 16.5. The maximum atomic E-state index is 13.8. The van der Waals surface area contributed by atoms with Crippen molar-refractivity contribution < 1.29 is 18.8 Å². The standard InChI is InChI=1S/C29H27N3O4/c1-3-35-29(34)18-10-8-11-19(15-18)30-22-16-23(32-14-7-6-9-17(32)2)26-25-24(22)27(33)20-12-4-5-13-21(20)28(25)36-31-26/h4-5,8,10-13,15-17,30H,3,6-7,9,14H2,1-2H3/t17-/m1/s1. The van der Waals surface area contributed by atoms with E-state index in [9.17, 15) is 9.59 Å². The minimum Gasteiger partial charge on any atom is -0.462 e. The molecule has 1 aliphatic carbocycles. The third-order valence-corrected chi connectivity index (χ3v) is 7.14. The normalized spacial score (nSPS) is 16.7. The lowest BCUT2D eigenvalue weighted by Gasteiger charge is -2.36. The van der Waals surface area contributed by atoms with E-state index in [2.05, 4.69) is 22.3 Å². The molecule has 1 N–H and O–H groups in total. The van der Waals surface area contributed by atoms with Gasteiger partial charge < -0.3 is 19.5 Å². The summed E-state index contributed by atoms with van der Waals surface area (Å²) in [6.07, 6.45) is 3.39. The third kappa shape index (κ3) is 3.54. The number of anilines is 3. The van der Waals surface area contributed by atoms with Gasteiger partial charge in [0.15, 0.2) is 11.5 Å². The molecule has 2 heterocycles. The van der Waals surface area contributed by atoms with Gasteiger partial charge in [-0.3, -0.25) is 4.79 Å². The molecule has 0 spiro atoms. The minimum atomic E-state index is -0.382. The number of esters is 1. The molecule has 1 atom stereocenters. The molecule has 0 saturated carbocycles. The largest absolute Gasteiger partial charge is 0.462 e. The smallest absolute Gasteiger partial charge is 0.338 e. The molecular weight excluding hydrogens is 454 g/mol. The van der Waals surface area contributed by atoms with E-state index in [1.807, 2.05) is 36.4 Å². The van der Waals surface area contributed by atoms with Gasteiger partial charge in [0.05, 0.1) is 34.5 Å². The van der Waals surface area contributed by atoms with Crippen LogP contribution >= 0.6 is 0 Å². The number of ketones is 1. The summed E-state index contributed by atoms with van der Waals surface area (Å²) in [4.78, 5) is 28.5. The van der Waals surface area contributed by atoms with Crippen molar-refractivity contribution in [2.75, 3.05) is 23.4 Å². The molecule has 36 heavy (non-hydrogen) atoms. The van der Waals surface area contributed by atoms with Crippen LogP contribution in [0.25, 0.3) is 22.2 Å². The first-order valence-corrected chi connectivity index (χ1v) is 12.5. The highest BCUT2D eigenvalue weighted by Gasteiger charge is 2.34. The molecule has 1 saturated heterocycles. The van der Waals surface area contributed by atoms with Crippen molar-refractivity contribution >= 4 is 39.7 Å². The van der Waals surface area contributed by atoms with Gasteiger partial charge >= 0.3 is 5.97 Å². The Labute approximate surface area is 209 Å². The van der Waals surface area contributed by atoms with Crippen molar-refractivity contribution in [3.63, 3.8) is 0 Å². The van der Waals surface area contributed by atoms with Gasteiger partial charge in [0.2, 0.25) is 0 Å². The Balaban J connectivity index is 1.55. The van der Waals surface area contributed by atoms with E-state index in [-0.39, 0.29) is 11.8 Å². The fraction of sp³-hybridized carbons (Fsp3) is 0.276. The van der Waals surface area contributed by atoms with Crippen LogP contribution in [0.1, 0.15) is 59.4 Å². The van der Waals surface area contributed by atoms with E-state index >= 15 is 0 Å². The van der Waals surface area contributed by atoms with Crippen LogP contribution in [-0.4, -0.2) is 36.1 Å². The Morgan fingerprint density at radius 3 is 2.78 bits per heavy atom. The Bertz CT molecular complexity index is 1510. The lowest BCUT2D eigenvalue weighted by Crippen LogP contribution is -2.37. The summed E-state index contributed by atoms with van der Waals surface area (Å²) in [5, 5.41) is 8.65. The van der Waals surface area contributed by atoms with Crippen molar-refractivity contribution in [3.05, 3.63) is 71.3 Å². The van der Waals surface area contributed by atoms with E-state index in [1.165, 1.54) is 6.42 Å². The first kappa shape index (κ1) is 22.3. The second-order valence-corrected chi connectivity index (χ2v) is 9.39. The van der Waals surface area contributed by atoms with Gasteiger partial charge in [-0.1, -0.05) is 35.5 Å². The summed E-state index contributed by atoms with van der Waals surface area (Å²) in [6, 6.07) is 17.0. The summed E-state index contributed by atoms with van der Waals surface area (Å²) in [7, 11) is 0. The van der Waals surface area contributed by atoms with Crippen LogP contribution in [-0.2, 0) is 4.74 Å². The molecule has 7 nitrogen and oxygen atoms in total. The van der Waals surface area contributed by atoms with Crippen LogP contribution in [0.3, 0.4) is 0 Å². The molecule has 0 bridgehead atoms. The molecule has 7 heteroatoms. The number of nitrogens with one attached hydrogen (secondary N) is 1. The molecule has 6 rings (SSSR count). The lowest BCUT2D eigenvalue weighted by molar-refractivity contribution is 0.0526. The van der Waals surface area contributed by atoms with Crippen LogP contribution in [0.2, 0.25) is 0 Å². The Kier molecular flexibility index (Phi) is 5.48. The maximum Gasteiger partial charge on any atom is 0.338 e. The minimum absolute atomic E-state index is 0.0754. The Morgan fingerprint density at radius 1 is 1.14 bits per heavy atom. The number of carbonyl (C=O) groups excluding carboxylic acids is 2. The van der Waals surface area contributed by atoms with Crippen molar-refractivity contribution in [1.29, 1.82) is 0 Å². The Morgan fingerprint density at radius 2 is 1.97 bits per heavy atom. The predicted molar refractivity (Wildman–Crippen MR) is 139 cm³/mol. The zero-order valence-corrected chi connectivity index (χ0v) is 20.3. The van der Waals surface area contributed by atoms with Gasteiger partial charge in [-0.2, -0.15) is 0 Å². The van der Waals surface area contributed by atoms with E-state index in [0.29, 0.717) is 52.0 Å². The Hall–Kier alpha value is -4.13. The molecule has 3 aromatic carbocycles. The monoisotopic (exact) mass is 481 g/mol. The predicted octanol–water partition coefficient (Wildman–Crippen LogP) is 6.34. The van der Waals surface area contributed by atoms with E-state index in [0.717, 1.165) is 36.0 Å². The number of carbonyl (C=O) groups is 2. The van der Waals surface area contributed by atoms with Crippen molar-refractivity contribution in [1.82, 2.24) is 5.16 Å². The SMILES string of the molecule is CCOC(=O)c1cccc(Nc2cc(N3CCCC[C@H]3C)c3noc4c3c2C(=O)c2ccccc2-4)c1. The molecule has 4 aromatic rings. The number of fused-ring (bicyclic) bond motifs is 2. The zero-order chi connectivity index (χ0) is 24.8. The van der Waals surface area contributed by atoms with Crippen LogP contribution in [0.15, 0.2) is 59.1 Å². The van der Waals surface area contributed by atoms with Gasteiger partial charge in [0, 0.05) is 29.4 Å². The summed E-state index contributed by atoms with van der Waals surface area (Å²) < 4.78 is 11.1. The highest BCUT2D eigenvalue weighted by molar-refractivity contribution is 6.28. The molecule has 1 aromatic heterocycles. The van der Waals surface area contributed by atoms with E-state index < -0.39 is 0 Å². The second kappa shape index (κ2) is 8.82. The van der Waals surface area contributed by atoms with Crippen LogP contribution in [0.4, 0.5) is 17.1 Å². The number of aromatic nitrogens is 1. The maximum absolute atomic E-state index is 13.8. The van der Waals surface area contributed by atoms with Gasteiger partial charge in [0.1, 0.15) is 5.52 Å². The van der Waals surface area contributed by atoms with Crippen molar-refractivity contribution in [2.24, 2.45) is 0 Å². The zero-order valence-electron chi connectivity index (χ0n) is 20.3. The highest BCUT2D eigenvalue weighted by Crippen LogP contribution is 2.47. The first-order chi connectivity index (χ1) is 17.6. The molecule has 182 valence electrons. The number of piperidine rings is 1. The fourth-order valence-electron chi connectivity index (χ4n) is 5.41. The number of hydrogen-bond donors (Lipinski definition) is 1. The summed E-state index contributed by atoms with van der Waals surface area (Å²) >= 11 is 0. The van der Waals surface area contributed by atoms with Gasteiger partial charge in [-0.25, -0.2) is 4.79 Å². The van der Waals surface area contributed by atoms with Crippen LogP contribution < -0.4 is 10.2 Å². The molecule has 0 amide bonds. The first-order valence-electron chi connectivity index (χ1n) is 12.5. The summed E-state index contributed by atoms with van der Waals surface area (Å²) in [5.74, 6) is 0.158. The molecule has 1 fully saturated rings. The molecular formula is C29H27N3O4. The number of ether oxygens (including phenoxy) is 1. The number of benzene rings is 3. The average molecular weight is 482 g/mol.